The summed E-state index contributed by atoms with van der Waals surface area (Å²) >= 11 is 3.50. The Hall–Kier alpha value is -1.36. The van der Waals surface area contributed by atoms with E-state index in [1.54, 1.807) is 11.7 Å². The number of anilines is 1. The molecule has 1 heterocycles. The molecule has 0 aliphatic carbocycles. The second-order valence-corrected chi connectivity index (χ2v) is 3.97. The molecule has 0 saturated heterocycles. The molecule has 1 N–H and O–H groups in total. The SMILES string of the molecule is CNc1nc(-c2ccccc2Br)n(C)n1. The monoisotopic (exact) mass is 266 g/mol. The number of benzene rings is 1. The van der Waals surface area contributed by atoms with E-state index < -0.39 is 0 Å². The van der Waals surface area contributed by atoms with Crippen molar-refractivity contribution in [3.8, 4) is 11.4 Å². The van der Waals surface area contributed by atoms with Crippen LogP contribution in [0.3, 0.4) is 0 Å². The standard InChI is InChI=1S/C10H11BrN4/c1-12-10-13-9(15(2)14-10)7-5-3-4-6-8(7)11/h3-6H,1-2H3,(H,12,14). The number of aryl methyl sites for hydroxylation is 1. The summed E-state index contributed by atoms with van der Waals surface area (Å²) in [6, 6.07) is 7.95. The van der Waals surface area contributed by atoms with E-state index in [4.69, 9.17) is 0 Å². The molecule has 0 amide bonds. The van der Waals surface area contributed by atoms with E-state index in [0.29, 0.717) is 5.95 Å². The highest BCUT2D eigenvalue weighted by Gasteiger charge is 2.10. The fourth-order valence-electron chi connectivity index (χ4n) is 1.37. The van der Waals surface area contributed by atoms with Crippen molar-refractivity contribution in [3.05, 3.63) is 28.7 Å². The molecule has 0 bridgehead atoms. The maximum atomic E-state index is 4.37. The Morgan fingerprint density at radius 3 is 2.67 bits per heavy atom. The molecule has 1 aromatic heterocycles. The summed E-state index contributed by atoms with van der Waals surface area (Å²) in [4.78, 5) is 4.37. The van der Waals surface area contributed by atoms with Gasteiger partial charge in [0.25, 0.3) is 0 Å². The average Bonchev–Trinajstić information content (AvgIpc) is 2.60. The number of hydrogen-bond acceptors (Lipinski definition) is 3. The first kappa shape index (κ1) is 10.2. The first-order chi connectivity index (χ1) is 7.22. The van der Waals surface area contributed by atoms with E-state index in [1.807, 2.05) is 31.3 Å². The van der Waals surface area contributed by atoms with Crippen molar-refractivity contribution in [2.24, 2.45) is 7.05 Å². The van der Waals surface area contributed by atoms with Crippen LogP contribution in [0.1, 0.15) is 0 Å². The van der Waals surface area contributed by atoms with E-state index in [1.165, 1.54) is 0 Å². The summed E-state index contributed by atoms with van der Waals surface area (Å²) in [6.45, 7) is 0. The number of nitrogens with zero attached hydrogens (tertiary/aromatic N) is 3. The highest BCUT2D eigenvalue weighted by molar-refractivity contribution is 9.10. The largest absolute Gasteiger partial charge is 0.356 e. The highest BCUT2D eigenvalue weighted by Crippen LogP contribution is 2.26. The molecule has 0 spiro atoms. The molecule has 5 heteroatoms. The van der Waals surface area contributed by atoms with Gasteiger partial charge >= 0.3 is 0 Å². The van der Waals surface area contributed by atoms with Crippen LogP contribution in [0, 0.1) is 0 Å². The minimum Gasteiger partial charge on any atom is -0.356 e. The quantitative estimate of drug-likeness (QED) is 0.907. The zero-order valence-corrected chi connectivity index (χ0v) is 10.1. The third-order valence-electron chi connectivity index (χ3n) is 2.10. The fraction of sp³-hybridized carbons (Fsp3) is 0.200. The first-order valence-electron chi connectivity index (χ1n) is 4.56. The topological polar surface area (TPSA) is 42.7 Å². The smallest absolute Gasteiger partial charge is 0.242 e. The third-order valence-corrected chi connectivity index (χ3v) is 2.79. The number of hydrogen-bond donors (Lipinski definition) is 1. The summed E-state index contributed by atoms with van der Waals surface area (Å²) in [7, 11) is 3.68. The second-order valence-electron chi connectivity index (χ2n) is 3.11. The predicted octanol–water partition coefficient (Wildman–Crippen LogP) is 2.29. The lowest BCUT2D eigenvalue weighted by Gasteiger charge is -2.01. The van der Waals surface area contributed by atoms with Crippen LogP contribution in [0.4, 0.5) is 5.95 Å². The Morgan fingerprint density at radius 1 is 1.33 bits per heavy atom. The molecule has 0 aliphatic heterocycles. The molecule has 0 atom stereocenters. The van der Waals surface area contributed by atoms with Gasteiger partial charge in [-0.25, -0.2) is 4.68 Å². The Bertz CT molecular complexity index is 478. The second kappa shape index (κ2) is 4.02. The van der Waals surface area contributed by atoms with Gasteiger partial charge in [0, 0.05) is 24.1 Å². The molecular weight excluding hydrogens is 256 g/mol. The fourth-order valence-corrected chi connectivity index (χ4v) is 1.83. The molecule has 2 aromatic rings. The van der Waals surface area contributed by atoms with Crippen molar-refractivity contribution in [3.63, 3.8) is 0 Å². The van der Waals surface area contributed by atoms with Gasteiger partial charge in [0.1, 0.15) is 0 Å². The Kier molecular flexibility index (Phi) is 2.73. The van der Waals surface area contributed by atoms with Crippen LogP contribution in [0.5, 0.6) is 0 Å². The van der Waals surface area contributed by atoms with Gasteiger partial charge in [0.05, 0.1) is 0 Å². The van der Waals surface area contributed by atoms with Crippen molar-refractivity contribution in [1.29, 1.82) is 0 Å². The molecule has 0 saturated carbocycles. The summed E-state index contributed by atoms with van der Waals surface area (Å²) < 4.78 is 2.77. The van der Waals surface area contributed by atoms with E-state index in [-0.39, 0.29) is 0 Å². The summed E-state index contributed by atoms with van der Waals surface area (Å²) in [5, 5.41) is 7.14. The van der Waals surface area contributed by atoms with Crippen LogP contribution in [0.15, 0.2) is 28.7 Å². The van der Waals surface area contributed by atoms with Gasteiger partial charge in [-0.15, -0.1) is 5.10 Å². The van der Waals surface area contributed by atoms with Crippen molar-refractivity contribution in [2.75, 3.05) is 12.4 Å². The molecular formula is C10H11BrN4. The summed E-state index contributed by atoms with van der Waals surface area (Å²) in [5.41, 5.74) is 1.04. The van der Waals surface area contributed by atoms with Crippen LogP contribution in [0.25, 0.3) is 11.4 Å². The summed E-state index contributed by atoms with van der Waals surface area (Å²) in [6.07, 6.45) is 0. The predicted molar refractivity (Wildman–Crippen MR) is 63.7 cm³/mol. The van der Waals surface area contributed by atoms with E-state index in [0.717, 1.165) is 15.9 Å². The minimum absolute atomic E-state index is 0.628. The molecule has 1 aromatic carbocycles. The maximum Gasteiger partial charge on any atom is 0.242 e. The zero-order chi connectivity index (χ0) is 10.8. The van der Waals surface area contributed by atoms with Crippen LogP contribution in [0.2, 0.25) is 0 Å². The average molecular weight is 267 g/mol. The first-order valence-corrected chi connectivity index (χ1v) is 5.35. The number of aromatic nitrogens is 3. The number of rotatable bonds is 2. The van der Waals surface area contributed by atoms with Crippen molar-refractivity contribution < 1.29 is 0 Å². The molecule has 78 valence electrons. The lowest BCUT2D eigenvalue weighted by molar-refractivity contribution is 0.776. The maximum absolute atomic E-state index is 4.37. The van der Waals surface area contributed by atoms with E-state index >= 15 is 0 Å². The van der Waals surface area contributed by atoms with Crippen LogP contribution in [-0.4, -0.2) is 21.8 Å². The lowest BCUT2D eigenvalue weighted by atomic mass is 10.2. The van der Waals surface area contributed by atoms with E-state index in [2.05, 4.69) is 31.3 Å². The third kappa shape index (κ3) is 1.87. The van der Waals surface area contributed by atoms with Gasteiger partial charge in [-0.2, -0.15) is 4.98 Å². The van der Waals surface area contributed by atoms with E-state index in [9.17, 15) is 0 Å². The lowest BCUT2D eigenvalue weighted by Crippen LogP contribution is -1.95. The van der Waals surface area contributed by atoms with Gasteiger partial charge < -0.3 is 5.32 Å². The van der Waals surface area contributed by atoms with Gasteiger partial charge in [0.15, 0.2) is 5.82 Å². The van der Waals surface area contributed by atoms with Crippen molar-refractivity contribution >= 4 is 21.9 Å². The number of nitrogens with one attached hydrogen (secondary N) is 1. The molecule has 0 radical (unpaired) electrons. The minimum atomic E-state index is 0.628. The van der Waals surface area contributed by atoms with Gasteiger partial charge in [-0.05, 0) is 6.07 Å². The highest BCUT2D eigenvalue weighted by atomic mass is 79.9. The van der Waals surface area contributed by atoms with Gasteiger partial charge in [0.2, 0.25) is 5.95 Å². The molecule has 0 fully saturated rings. The van der Waals surface area contributed by atoms with Crippen LogP contribution in [-0.2, 0) is 7.05 Å². The Morgan fingerprint density at radius 2 is 2.07 bits per heavy atom. The molecule has 0 unspecified atom stereocenters. The molecule has 0 aliphatic rings. The number of halogens is 1. The van der Waals surface area contributed by atoms with Crippen molar-refractivity contribution in [1.82, 2.24) is 14.8 Å². The normalized spacial score (nSPS) is 10.3. The van der Waals surface area contributed by atoms with Gasteiger partial charge in [-0.3, -0.25) is 0 Å². The summed E-state index contributed by atoms with van der Waals surface area (Å²) in [5.74, 6) is 1.47. The Balaban J connectivity index is 2.54. The zero-order valence-electron chi connectivity index (χ0n) is 8.53. The Labute approximate surface area is 96.5 Å². The van der Waals surface area contributed by atoms with Crippen LogP contribution < -0.4 is 5.32 Å². The molecule has 2 rings (SSSR count). The van der Waals surface area contributed by atoms with Gasteiger partial charge in [-0.1, -0.05) is 34.1 Å². The molecule has 15 heavy (non-hydrogen) atoms. The van der Waals surface area contributed by atoms with Crippen LogP contribution >= 0.6 is 15.9 Å². The van der Waals surface area contributed by atoms with Crippen molar-refractivity contribution in [2.45, 2.75) is 0 Å². The molecule has 4 nitrogen and oxygen atoms in total.